The number of pyridine rings is 1. The van der Waals surface area contributed by atoms with E-state index < -0.39 is 0 Å². The van der Waals surface area contributed by atoms with E-state index in [2.05, 4.69) is 45.1 Å². The zero-order chi connectivity index (χ0) is 23.7. The molecule has 0 aliphatic carbocycles. The first-order valence-electron chi connectivity index (χ1n) is 12.1. The van der Waals surface area contributed by atoms with Crippen LogP contribution in [0.25, 0.3) is 16.7 Å². The van der Waals surface area contributed by atoms with Gasteiger partial charge in [-0.15, -0.1) is 0 Å². The molecular weight excluding hydrogens is 428 g/mol. The third-order valence-electron chi connectivity index (χ3n) is 6.78. The number of para-hydroxylation sites is 1. The monoisotopic (exact) mass is 460 g/mol. The Kier molecular flexibility index (Phi) is 6.24. The van der Waals surface area contributed by atoms with Crippen LogP contribution < -0.4 is 15.2 Å². The van der Waals surface area contributed by atoms with Crippen molar-refractivity contribution in [3.05, 3.63) is 64.3 Å². The van der Waals surface area contributed by atoms with Gasteiger partial charge < -0.3 is 14.2 Å². The Morgan fingerprint density at radius 1 is 0.971 bits per heavy atom. The van der Waals surface area contributed by atoms with E-state index >= 15 is 0 Å². The summed E-state index contributed by atoms with van der Waals surface area (Å²) in [5.74, 6) is 1.38. The number of rotatable bonds is 7. The summed E-state index contributed by atoms with van der Waals surface area (Å²) in [6, 6.07) is 14.4. The van der Waals surface area contributed by atoms with Crippen molar-refractivity contribution in [2.75, 3.05) is 44.7 Å². The minimum Gasteiger partial charge on any atom is -0.481 e. The molecule has 0 saturated carbocycles. The number of fused-ring (bicyclic) bond motifs is 3. The number of aryl methyl sites for hydroxylation is 3. The molecule has 0 spiro atoms. The Morgan fingerprint density at radius 3 is 2.44 bits per heavy atom. The summed E-state index contributed by atoms with van der Waals surface area (Å²) >= 11 is 0. The summed E-state index contributed by atoms with van der Waals surface area (Å²) in [6.07, 6.45) is 1.62. The molecule has 5 rings (SSSR count). The maximum absolute atomic E-state index is 13.6. The van der Waals surface area contributed by atoms with Crippen LogP contribution in [-0.2, 0) is 13.0 Å². The van der Waals surface area contributed by atoms with Gasteiger partial charge in [0.2, 0.25) is 5.88 Å². The number of ether oxygens (including phenoxy) is 1. The minimum absolute atomic E-state index is 0.00179. The molecule has 3 aromatic heterocycles. The Hall–Kier alpha value is -3.39. The van der Waals surface area contributed by atoms with Crippen molar-refractivity contribution in [3.8, 4) is 5.88 Å². The van der Waals surface area contributed by atoms with E-state index in [9.17, 15) is 4.79 Å². The molecule has 1 aliphatic rings. The molecule has 178 valence electrons. The summed E-state index contributed by atoms with van der Waals surface area (Å²) in [5.41, 5.74) is 4.19. The first-order valence-corrected chi connectivity index (χ1v) is 12.1. The van der Waals surface area contributed by atoms with Crippen molar-refractivity contribution >= 4 is 22.4 Å². The largest absolute Gasteiger partial charge is 0.481 e. The maximum atomic E-state index is 13.6. The van der Waals surface area contributed by atoms with E-state index in [0.717, 1.165) is 68.2 Å². The molecule has 1 aromatic carbocycles. The molecule has 1 saturated heterocycles. The van der Waals surface area contributed by atoms with Gasteiger partial charge in [-0.1, -0.05) is 25.1 Å². The number of aromatic nitrogens is 4. The fourth-order valence-corrected chi connectivity index (χ4v) is 5.00. The van der Waals surface area contributed by atoms with Gasteiger partial charge in [0, 0.05) is 50.9 Å². The molecule has 0 radical (unpaired) electrons. The molecule has 8 nitrogen and oxygen atoms in total. The highest BCUT2D eigenvalue weighted by Crippen LogP contribution is 2.21. The van der Waals surface area contributed by atoms with Crippen molar-refractivity contribution in [2.45, 2.75) is 33.2 Å². The second-order valence-corrected chi connectivity index (χ2v) is 8.82. The smallest absolute Gasteiger partial charge is 0.277 e. The van der Waals surface area contributed by atoms with E-state index in [0.29, 0.717) is 17.9 Å². The van der Waals surface area contributed by atoms with Gasteiger partial charge in [0.1, 0.15) is 11.3 Å². The predicted molar refractivity (Wildman–Crippen MR) is 135 cm³/mol. The summed E-state index contributed by atoms with van der Waals surface area (Å²) in [4.78, 5) is 27.8. The normalized spacial score (nSPS) is 14.9. The topological polar surface area (TPSA) is 67.9 Å². The van der Waals surface area contributed by atoms with E-state index in [1.807, 2.05) is 34.9 Å². The molecule has 0 atom stereocenters. The van der Waals surface area contributed by atoms with E-state index in [-0.39, 0.29) is 5.56 Å². The maximum Gasteiger partial charge on any atom is 0.277 e. The van der Waals surface area contributed by atoms with Crippen LogP contribution in [-0.4, -0.2) is 63.7 Å². The number of piperazine rings is 1. The molecule has 4 aromatic rings. The number of hydrogen-bond acceptors (Lipinski definition) is 6. The highest BCUT2D eigenvalue weighted by atomic mass is 16.5. The van der Waals surface area contributed by atoms with Crippen LogP contribution in [0, 0.1) is 6.92 Å². The average molecular weight is 461 g/mol. The summed E-state index contributed by atoms with van der Waals surface area (Å²) in [7, 11) is 1.61. The van der Waals surface area contributed by atoms with Gasteiger partial charge in [-0.05, 0) is 38.1 Å². The van der Waals surface area contributed by atoms with Crippen molar-refractivity contribution in [1.29, 1.82) is 0 Å². The quantitative estimate of drug-likeness (QED) is 0.422. The number of nitrogens with zero attached hydrogens (tertiary/aromatic N) is 6. The molecule has 0 N–H and O–H groups in total. The van der Waals surface area contributed by atoms with Crippen molar-refractivity contribution < 1.29 is 4.74 Å². The van der Waals surface area contributed by atoms with E-state index in [4.69, 9.17) is 9.72 Å². The zero-order valence-electron chi connectivity index (χ0n) is 20.2. The number of imidazole rings is 1. The Labute approximate surface area is 199 Å². The third-order valence-corrected chi connectivity index (χ3v) is 6.78. The molecular formula is C26H32N6O2. The summed E-state index contributed by atoms with van der Waals surface area (Å²) in [6.45, 7) is 9.67. The molecule has 1 fully saturated rings. The molecule has 0 bridgehead atoms. The fourth-order valence-electron chi connectivity index (χ4n) is 5.00. The summed E-state index contributed by atoms with van der Waals surface area (Å²) in [5, 5.41) is 0. The Balaban J connectivity index is 1.36. The highest BCUT2D eigenvalue weighted by molar-refractivity contribution is 5.77. The van der Waals surface area contributed by atoms with Crippen molar-refractivity contribution in [3.63, 3.8) is 0 Å². The lowest BCUT2D eigenvalue weighted by Crippen LogP contribution is -2.46. The van der Waals surface area contributed by atoms with Crippen LogP contribution in [0.15, 0.2) is 47.3 Å². The Bertz CT molecular complexity index is 1350. The van der Waals surface area contributed by atoms with Crippen LogP contribution in [0.3, 0.4) is 0 Å². The van der Waals surface area contributed by atoms with Crippen molar-refractivity contribution in [1.82, 2.24) is 23.8 Å². The number of hydrogen-bond donors (Lipinski definition) is 0. The van der Waals surface area contributed by atoms with Gasteiger partial charge in [-0.25, -0.2) is 4.98 Å². The van der Waals surface area contributed by atoms with Crippen LogP contribution in [0.1, 0.15) is 24.9 Å². The van der Waals surface area contributed by atoms with E-state index in [1.54, 1.807) is 7.11 Å². The van der Waals surface area contributed by atoms with Crippen LogP contribution in [0.2, 0.25) is 0 Å². The van der Waals surface area contributed by atoms with Gasteiger partial charge >= 0.3 is 0 Å². The average Bonchev–Trinajstić information content (AvgIpc) is 3.23. The first-order chi connectivity index (χ1) is 16.6. The van der Waals surface area contributed by atoms with Gasteiger partial charge in [0.25, 0.3) is 5.56 Å². The van der Waals surface area contributed by atoms with Crippen molar-refractivity contribution in [2.24, 2.45) is 0 Å². The van der Waals surface area contributed by atoms with Crippen LogP contribution >= 0.6 is 0 Å². The second kappa shape index (κ2) is 9.46. The molecule has 8 heteroatoms. The molecule has 0 unspecified atom stereocenters. The number of methoxy groups -OCH3 is 1. The first kappa shape index (κ1) is 22.4. The standard InChI is InChI=1S/C26H32N6O2/c1-4-22-27-19(2)24-26(33)31(21-11-12-23(34-3)28-25(21)32(22)24)14-8-13-29-15-17-30(18-16-29)20-9-6-5-7-10-20/h5-7,9-12H,4,8,13-18H2,1-3H3. The van der Waals surface area contributed by atoms with E-state index in [1.165, 1.54) is 5.69 Å². The van der Waals surface area contributed by atoms with Gasteiger partial charge in [-0.3, -0.25) is 14.1 Å². The molecule has 4 heterocycles. The van der Waals surface area contributed by atoms with Crippen LogP contribution in [0.5, 0.6) is 5.88 Å². The highest BCUT2D eigenvalue weighted by Gasteiger charge is 2.20. The lowest BCUT2D eigenvalue weighted by molar-refractivity contribution is 0.250. The Morgan fingerprint density at radius 2 is 1.74 bits per heavy atom. The minimum atomic E-state index is -0.00179. The third kappa shape index (κ3) is 4.03. The lowest BCUT2D eigenvalue weighted by Gasteiger charge is -2.36. The van der Waals surface area contributed by atoms with Gasteiger partial charge in [0.15, 0.2) is 5.65 Å². The fraction of sp³-hybridized carbons (Fsp3) is 0.423. The number of benzene rings is 1. The van der Waals surface area contributed by atoms with Gasteiger partial charge in [-0.2, -0.15) is 4.98 Å². The van der Waals surface area contributed by atoms with Gasteiger partial charge in [0.05, 0.1) is 18.3 Å². The number of anilines is 1. The molecule has 1 aliphatic heterocycles. The van der Waals surface area contributed by atoms with Crippen LogP contribution in [0.4, 0.5) is 5.69 Å². The second-order valence-electron chi connectivity index (χ2n) is 8.82. The summed E-state index contributed by atoms with van der Waals surface area (Å²) < 4.78 is 9.16. The molecule has 34 heavy (non-hydrogen) atoms. The lowest BCUT2D eigenvalue weighted by atomic mass is 10.2. The zero-order valence-corrected chi connectivity index (χ0v) is 20.2. The molecule has 0 amide bonds. The predicted octanol–water partition coefficient (Wildman–Crippen LogP) is 3.14. The SMILES string of the molecule is CCc1nc(C)c2c(=O)n(CCCN3CCN(c4ccccc4)CC3)c3ccc(OC)nc3n12.